The van der Waals surface area contributed by atoms with Gasteiger partial charge in [-0.15, -0.1) is 0 Å². The largest absolute Gasteiger partial charge is 0.477 e. The molecule has 0 aliphatic heterocycles. The number of aromatic nitrogens is 1. The Morgan fingerprint density at radius 3 is 2.59 bits per heavy atom. The molecule has 0 aliphatic rings. The SMILES string of the molecule is [B]c1cc2c(=O)cc(C(=O)O)[nH]c2c([B])c1Cl. The molecule has 0 saturated carbocycles. The van der Waals surface area contributed by atoms with Crippen LogP contribution in [0.1, 0.15) is 10.5 Å². The van der Waals surface area contributed by atoms with Crippen molar-refractivity contribution >= 4 is 55.1 Å². The summed E-state index contributed by atoms with van der Waals surface area (Å²) in [6.07, 6.45) is 0. The molecule has 4 nitrogen and oxygen atoms in total. The topological polar surface area (TPSA) is 70.2 Å². The molecule has 4 radical (unpaired) electrons. The van der Waals surface area contributed by atoms with Gasteiger partial charge in [0.25, 0.3) is 0 Å². The molecule has 0 bridgehead atoms. The third-order valence-electron chi connectivity index (χ3n) is 2.36. The summed E-state index contributed by atoms with van der Waals surface area (Å²) >= 11 is 5.82. The summed E-state index contributed by atoms with van der Waals surface area (Å²) in [5, 5.41) is 9.11. The number of carbonyl (C=O) groups is 1. The molecular weight excluding hydrogens is 239 g/mol. The van der Waals surface area contributed by atoms with Crippen molar-refractivity contribution in [2.45, 2.75) is 0 Å². The molecule has 1 aromatic carbocycles. The number of pyridine rings is 1. The van der Waals surface area contributed by atoms with E-state index in [4.69, 9.17) is 32.4 Å². The monoisotopic (exact) mass is 243 g/mol. The van der Waals surface area contributed by atoms with Gasteiger partial charge in [0, 0.05) is 22.0 Å². The van der Waals surface area contributed by atoms with Crippen molar-refractivity contribution in [1.82, 2.24) is 4.98 Å². The summed E-state index contributed by atoms with van der Waals surface area (Å²) in [4.78, 5) is 25.0. The molecule has 0 aliphatic carbocycles. The first-order valence-corrected chi connectivity index (χ1v) is 4.93. The van der Waals surface area contributed by atoms with Crippen LogP contribution in [0.4, 0.5) is 0 Å². The highest BCUT2D eigenvalue weighted by molar-refractivity contribution is 6.55. The fourth-order valence-electron chi connectivity index (χ4n) is 1.53. The molecular formula is C10H4B2ClNO3. The fourth-order valence-corrected chi connectivity index (χ4v) is 1.67. The first-order chi connectivity index (χ1) is 7.91. The molecule has 80 valence electrons. The highest BCUT2D eigenvalue weighted by Gasteiger charge is 2.12. The predicted molar refractivity (Wildman–Crippen MR) is 67.3 cm³/mol. The minimum absolute atomic E-state index is 0.0573. The number of aromatic carboxylic acids is 1. The van der Waals surface area contributed by atoms with Gasteiger partial charge in [-0.05, 0) is 0 Å². The van der Waals surface area contributed by atoms with E-state index < -0.39 is 11.4 Å². The third kappa shape index (κ3) is 1.85. The van der Waals surface area contributed by atoms with E-state index in [1.807, 2.05) is 0 Å². The normalized spacial score (nSPS) is 10.6. The Bertz CT molecular complexity index is 696. The number of rotatable bonds is 1. The second-order valence-corrected chi connectivity index (χ2v) is 3.85. The Morgan fingerprint density at radius 2 is 2.00 bits per heavy atom. The molecule has 2 aromatic rings. The molecule has 7 heteroatoms. The van der Waals surface area contributed by atoms with Gasteiger partial charge in [-0.3, -0.25) is 4.79 Å². The summed E-state index contributed by atoms with van der Waals surface area (Å²) in [5.74, 6) is -1.25. The third-order valence-corrected chi connectivity index (χ3v) is 2.78. The van der Waals surface area contributed by atoms with Gasteiger partial charge in [-0.2, -0.15) is 0 Å². The van der Waals surface area contributed by atoms with Crippen LogP contribution in [0.5, 0.6) is 0 Å². The van der Waals surface area contributed by atoms with Crippen LogP contribution in [0, 0.1) is 0 Å². The second kappa shape index (κ2) is 3.96. The number of carboxylic acid groups (broad SMARTS) is 1. The Hall–Kier alpha value is -1.68. The average molecular weight is 243 g/mol. The number of benzene rings is 1. The Balaban J connectivity index is 2.98. The van der Waals surface area contributed by atoms with E-state index >= 15 is 0 Å². The summed E-state index contributed by atoms with van der Waals surface area (Å²) < 4.78 is 0. The number of H-pyrrole nitrogens is 1. The van der Waals surface area contributed by atoms with Crippen molar-refractivity contribution in [3.63, 3.8) is 0 Å². The van der Waals surface area contributed by atoms with Crippen LogP contribution in [0.15, 0.2) is 16.9 Å². The molecule has 0 spiro atoms. The number of nitrogens with one attached hydrogen (secondary N) is 1. The van der Waals surface area contributed by atoms with E-state index in [1.165, 1.54) is 6.07 Å². The van der Waals surface area contributed by atoms with E-state index in [2.05, 4.69) is 4.98 Å². The summed E-state index contributed by atoms with van der Waals surface area (Å²) in [6, 6.07) is 2.33. The number of hydrogen-bond acceptors (Lipinski definition) is 2. The van der Waals surface area contributed by atoms with Crippen molar-refractivity contribution in [1.29, 1.82) is 0 Å². The Morgan fingerprint density at radius 1 is 1.35 bits per heavy atom. The maximum Gasteiger partial charge on any atom is 0.352 e. The van der Waals surface area contributed by atoms with Crippen LogP contribution in [-0.4, -0.2) is 31.8 Å². The van der Waals surface area contributed by atoms with Gasteiger partial charge in [0.2, 0.25) is 0 Å². The maximum atomic E-state index is 11.7. The van der Waals surface area contributed by atoms with Crippen molar-refractivity contribution in [2.75, 3.05) is 0 Å². The summed E-state index contributed by atoms with van der Waals surface area (Å²) in [5.41, 5.74) is -0.331. The average Bonchev–Trinajstić information content (AvgIpc) is 2.27. The molecule has 17 heavy (non-hydrogen) atoms. The summed E-state index contributed by atoms with van der Waals surface area (Å²) in [6.45, 7) is 0. The quantitative estimate of drug-likeness (QED) is 0.661. The van der Waals surface area contributed by atoms with Gasteiger partial charge >= 0.3 is 5.97 Å². The van der Waals surface area contributed by atoms with Gasteiger partial charge in [0.05, 0.1) is 0 Å². The Kier molecular flexibility index (Phi) is 2.75. The molecule has 0 amide bonds. The minimum Gasteiger partial charge on any atom is -0.477 e. The number of fused-ring (bicyclic) bond motifs is 1. The highest BCUT2D eigenvalue weighted by atomic mass is 35.5. The first kappa shape index (κ1) is 11.8. The van der Waals surface area contributed by atoms with Crippen molar-refractivity contribution in [3.05, 3.63) is 33.1 Å². The molecule has 0 atom stereocenters. The highest BCUT2D eigenvalue weighted by Crippen LogP contribution is 2.10. The van der Waals surface area contributed by atoms with E-state index in [0.717, 1.165) is 6.07 Å². The van der Waals surface area contributed by atoms with Crippen LogP contribution < -0.4 is 16.4 Å². The van der Waals surface area contributed by atoms with Crippen LogP contribution in [0.2, 0.25) is 5.02 Å². The molecule has 0 unspecified atom stereocenters. The summed E-state index contributed by atoms with van der Waals surface area (Å²) in [7, 11) is 11.3. The zero-order valence-corrected chi connectivity index (χ0v) is 9.21. The lowest BCUT2D eigenvalue weighted by Gasteiger charge is -2.09. The Labute approximate surface area is 103 Å². The van der Waals surface area contributed by atoms with Crippen molar-refractivity contribution in [3.8, 4) is 0 Å². The second-order valence-electron chi connectivity index (χ2n) is 3.47. The molecule has 1 heterocycles. The standard InChI is InChI=1S/C10H4B2ClNO3/c11-4-1-3-6(15)2-5(10(16)17)14-9(3)7(12)8(4)13/h1-2H,(H,14,15)(H,16,17). The molecule has 2 N–H and O–H groups in total. The minimum atomic E-state index is -1.25. The van der Waals surface area contributed by atoms with E-state index in [0.29, 0.717) is 0 Å². The number of halogens is 1. The number of carboxylic acids is 1. The lowest BCUT2D eigenvalue weighted by Crippen LogP contribution is -2.23. The zero-order chi connectivity index (χ0) is 12.7. The van der Waals surface area contributed by atoms with Gasteiger partial charge in [0.15, 0.2) is 5.43 Å². The zero-order valence-electron chi connectivity index (χ0n) is 8.45. The van der Waals surface area contributed by atoms with Gasteiger partial charge in [0.1, 0.15) is 21.4 Å². The van der Waals surface area contributed by atoms with Crippen LogP contribution in [0.3, 0.4) is 0 Å². The fraction of sp³-hybridized carbons (Fsp3) is 0. The van der Waals surface area contributed by atoms with Gasteiger partial charge < -0.3 is 10.1 Å². The first-order valence-electron chi connectivity index (χ1n) is 4.55. The van der Waals surface area contributed by atoms with E-state index in [9.17, 15) is 9.59 Å². The lowest BCUT2D eigenvalue weighted by molar-refractivity contribution is 0.0691. The maximum absolute atomic E-state index is 11.7. The molecule has 0 fully saturated rings. The van der Waals surface area contributed by atoms with Gasteiger partial charge in [-0.25, -0.2) is 4.79 Å². The van der Waals surface area contributed by atoms with Gasteiger partial charge in [-0.1, -0.05) is 28.6 Å². The number of aromatic amines is 1. The van der Waals surface area contributed by atoms with E-state index in [1.54, 1.807) is 0 Å². The van der Waals surface area contributed by atoms with Crippen molar-refractivity contribution in [2.24, 2.45) is 0 Å². The van der Waals surface area contributed by atoms with E-state index in [-0.39, 0.29) is 32.5 Å². The molecule has 1 aromatic heterocycles. The number of hydrogen-bond donors (Lipinski definition) is 2. The molecule has 0 saturated heterocycles. The van der Waals surface area contributed by atoms with Crippen LogP contribution in [-0.2, 0) is 0 Å². The smallest absolute Gasteiger partial charge is 0.352 e. The predicted octanol–water partition coefficient (Wildman–Crippen LogP) is -0.533. The van der Waals surface area contributed by atoms with Crippen LogP contribution >= 0.6 is 11.6 Å². The van der Waals surface area contributed by atoms with Crippen molar-refractivity contribution < 1.29 is 9.90 Å². The van der Waals surface area contributed by atoms with Crippen LogP contribution in [0.25, 0.3) is 10.9 Å². The molecule has 2 rings (SSSR count). The lowest BCUT2D eigenvalue weighted by atomic mass is 9.84.